The van der Waals surface area contributed by atoms with Crippen molar-refractivity contribution in [1.82, 2.24) is 4.90 Å². The summed E-state index contributed by atoms with van der Waals surface area (Å²) >= 11 is 7.75. The van der Waals surface area contributed by atoms with E-state index in [0.717, 1.165) is 23.4 Å². The van der Waals surface area contributed by atoms with Crippen LogP contribution in [0, 0.1) is 6.92 Å². The maximum absolute atomic E-state index is 12.7. The van der Waals surface area contributed by atoms with Crippen LogP contribution in [0.15, 0.2) is 47.5 Å². The van der Waals surface area contributed by atoms with Gasteiger partial charge in [-0.05, 0) is 43.2 Å². The number of aryl methyl sites for hydroxylation is 1. The smallest absolute Gasteiger partial charge is 0.266 e. The number of benzene rings is 2. The Morgan fingerprint density at radius 2 is 2.04 bits per heavy atom. The fourth-order valence-corrected chi connectivity index (χ4v) is 3.75. The number of halogens is 1. The highest BCUT2D eigenvalue weighted by molar-refractivity contribution is 8.13. The van der Waals surface area contributed by atoms with Crippen molar-refractivity contribution in [2.75, 3.05) is 26.0 Å². The second kappa shape index (κ2) is 9.15. The first-order chi connectivity index (χ1) is 13.1. The van der Waals surface area contributed by atoms with Gasteiger partial charge in [-0.2, -0.15) is 0 Å². The zero-order chi connectivity index (χ0) is 19.2. The lowest BCUT2D eigenvalue weighted by Gasteiger charge is -2.27. The molecular weight excluding hydrogens is 384 g/mol. The summed E-state index contributed by atoms with van der Waals surface area (Å²) in [4.78, 5) is 19.0. The van der Waals surface area contributed by atoms with E-state index in [-0.39, 0.29) is 12.5 Å². The second-order valence-corrected chi connectivity index (χ2v) is 7.48. The van der Waals surface area contributed by atoms with Gasteiger partial charge in [0.05, 0.1) is 12.8 Å². The fourth-order valence-electron chi connectivity index (χ4n) is 2.60. The Morgan fingerprint density at radius 1 is 1.26 bits per heavy atom. The van der Waals surface area contributed by atoms with Crippen LogP contribution >= 0.6 is 23.4 Å². The maximum Gasteiger partial charge on any atom is 0.266 e. The zero-order valence-corrected chi connectivity index (χ0v) is 16.8. The Balaban J connectivity index is 1.73. The normalized spacial score (nSPS) is 15.7. The third-order valence-electron chi connectivity index (χ3n) is 4.09. The molecule has 1 saturated heterocycles. The first-order valence-corrected chi connectivity index (χ1v) is 9.98. The van der Waals surface area contributed by atoms with E-state index in [9.17, 15) is 4.79 Å². The summed E-state index contributed by atoms with van der Waals surface area (Å²) in [6.07, 6.45) is 0.915. The second-order valence-electron chi connectivity index (χ2n) is 6.01. The highest BCUT2D eigenvalue weighted by Crippen LogP contribution is 2.28. The van der Waals surface area contributed by atoms with Crippen molar-refractivity contribution < 1.29 is 14.3 Å². The quantitative estimate of drug-likeness (QED) is 0.725. The predicted molar refractivity (Wildman–Crippen MR) is 111 cm³/mol. The number of nitrogens with zero attached hydrogens (tertiary/aromatic N) is 2. The van der Waals surface area contributed by atoms with Crippen molar-refractivity contribution in [1.29, 1.82) is 0 Å². The van der Waals surface area contributed by atoms with Gasteiger partial charge < -0.3 is 9.47 Å². The van der Waals surface area contributed by atoms with Crippen molar-refractivity contribution in [2.24, 2.45) is 4.99 Å². The lowest BCUT2D eigenvalue weighted by atomic mass is 10.2. The van der Waals surface area contributed by atoms with Gasteiger partial charge in [0.25, 0.3) is 5.91 Å². The zero-order valence-electron chi connectivity index (χ0n) is 15.3. The molecule has 1 aliphatic heterocycles. The summed E-state index contributed by atoms with van der Waals surface area (Å²) in [5.74, 6) is 1.93. The average molecular weight is 405 g/mol. The minimum absolute atomic E-state index is 0.0748. The lowest BCUT2D eigenvalue weighted by molar-refractivity contribution is -0.129. The molecule has 1 fully saturated rings. The van der Waals surface area contributed by atoms with Gasteiger partial charge in [-0.25, -0.2) is 4.99 Å². The van der Waals surface area contributed by atoms with Crippen molar-refractivity contribution >= 4 is 40.1 Å². The van der Waals surface area contributed by atoms with Crippen molar-refractivity contribution in [2.45, 2.75) is 13.3 Å². The summed E-state index contributed by atoms with van der Waals surface area (Å²) in [6, 6.07) is 12.9. The van der Waals surface area contributed by atoms with Crippen LogP contribution in [0.4, 0.5) is 5.69 Å². The molecule has 1 heterocycles. The lowest BCUT2D eigenvalue weighted by Crippen LogP contribution is -2.41. The number of amidine groups is 1. The minimum atomic E-state index is -0.134. The first kappa shape index (κ1) is 19.6. The standard InChI is InChI=1S/C20H21ClN2O3S/c1-14-8-9-15(12-16(14)21)22-20-23(10-5-11-27-20)19(24)13-26-18-7-4-3-6-17(18)25-2/h3-4,6-9,12H,5,10-11,13H2,1-2H3. The van der Waals surface area contributed by atoms with Gasteiger partial charge in [-0.15, -0.1) is 0 Å². The molecule has 0 bridgehead atoms. The number of carbonyl (C=O) groups is 1. The van der Waals surface area contributed by atoms with Crippen molar-refractivity contribution in [3.63, 3.8) is 0 Å². The highest BCUT2D eigenvalue weighted by Gasteiger charge is 2.24. The van der Waals surface area contributed by atoms with Gasteiger partial charge in [0.15, 0.2) is 23.3 Å². The van der Waals surface area contributed by atoms with Gasteiger partial charge in [-0.3, -0.25) is 9.69 Å². The van der Waals surface area contributed by atoms with E-state index in [1.807, 2.05) is 37.3 Å². The number of rotatable bonds is 5. The van der Waals surface area contributed by atoms with Gasteiger partial charge >= 0.3 is 0 Å². The molecule has 7 heteroatoms. The van der Waals surface area contributed by atoms with Crippen LogP contribution in [0.25, 0.3) is 0 Å². The van der Waals surface area contributed by atoms with E-state index in [1.165, 1.54) is 0 Å². The molecule has 1 aliphatic rings. The maximum atomic E-state index is 12.7. The minimum Gasteiger partial charge on any atom is -0.493 e. The number of carbonyl (C=O) groups excluding carboxylic acids is 1. The largest absolute Gasteiger partial charge is 0.493 e. The number of methoxy groups -OCH3 is 1. The number of aliphatic imine (C=N–C) groups is 1. The van der Waals surface area contributed by atoms with E-state index in [1.54, 1.807) is 35.9 Å². The molecule has 0 saturated carbocycles. The molecular formula is C20H21ClN2O3S. The molecule has 0 radical (unpaired) electrons. The molecule has 0 unspecified atom stereocenters. The Hall–Kier alpha value is -2.18. The SMILES string of the molecule is COc1ccccc1OCC(=O)N1CCCSC1=Nc1ccc(C)c(Cl)c1. The predicted octanol–water partition coefficient (Wildman–Crippen LogP) is 4.69. The van der Waals surface area contributed by atoms with E-state index >= 15 is 0 Å². The Bertz CT molecular complexity index is 857. The van der Waals surface area contributed by atoms with E-state index < -0.39 is 0 Å². The van der Waals surface area contributed by atoms with Crippen LogP contribution < -0.4 is 9.47 Å². The summed E-state index contributed by atoms with van der Waals surface area (Å²) in [7, 11) is 1.57. The van der Waals surface area contributed by atoms with Crippen LogP contribution in [0.3, 0.4) is 0 Å². The number of hydrogen-bond donors (Lipinski definition) is 0. The van der Waals surface area contributed by atoms with E-state index in [2.05, 4.69) is 4.99 Å². The molecule has 0 N–H and O–H groups in total. The summed E-state index contributed by atoms with van der Waals surface area (Å²) < 4.78 is 10.9. The molecule has 3 rings (SSSR count). The van der Waals surface area contributed by atoms with E-state index in [0.29, 0.717) is 28.2 Å². The Kier molecular flexibility index (Phi) is 6.63. The fraction of sp³-hybridized carbons (Fsp3) is 0.300. The van der Waals surface area contributed by atoms with Crippen LogP contribution in [-0.4, -0.2) is 42.0 Å². The molecule has 0 aromatic heterocycles. The summed E-state index contributed by atoms with van der Waals surface area (Å²) in [5, 5.41) is 1.34. The molecule has 5 nitrogen and oxygen atoms in total. The molecule has 0 spiro atoms. The van der Waals surface area contributed by atoms with Crippen LogP contribution in [-0.2, 0) is 4.79 Å². The topological polar surface area (TPSA) is 51.1 Å². The number of thioether (sulfide) groups is 1. The molecule has 2 aromatic rings. The summed E-state index contributed by atoms with van der Waals surface area (Å²) in [6.45, 7) is 2.49. The van der Waals surface area contributed by atoms with Crippen molar-refractivity contribution in [3.05, 3.63) is 53.1 Å². The molecule has 0 atom stereocenters. The van der Waals surface area contributed by atoms with Gasteiger partial charge in [0.2, 0.25) is 0 Å². The molecule has 1 amide bonds. The third kappa shape index (κ3) is 4.96. The van der Waals surface area contributed by atoms with Gasteiger partial charge in [-0.1, -0.05) is 41.6 Å². The highest BCUT2D eigenvalue weighted by atomic mass is 35.5. The average Bonchev–Trinajstić information content (AvgIpc) is 2.69. The molecule has 0 aliphatic carbocycles. The van der Waals surface area contributed by atoms with Crippen LogP contribution in [0.2, 0.25) is 5.02 Å². The number of ether oxygens (including phenoxy) is 2. The van der Waals surface area contributed by atoms with Gasteiger partial charge in [0, 0.05) is 17.3 Å². The Morgan fingerprint density at radius 3 is 2.78 bits per heavy atom. The summed E-state index contributed by atoms with van der Waals surface area (Å²) in [5.41, 5.74) is 1.73. The number of para-hydroxylation sites is 2. The van der Waals surface area contributed by atoms with E-state index in [4.69, 9.17) is 21.1 Å². The molecule has 27 heavy (non-hydrogen) atoms. The Labute approximate surface area is 168 Å². The molecule has 142 valence electrons. The van der Waals surface area contributed by atoms with Crippen molar-refractivity contribution in [3.8, 4) is 11.5 Å². The number of amides is 1. The number of hydrogen-bond acceptors (Lipinski definition) is 5. The van der Waals surface area contributed by atoms with Gasteiger partial charge in [0.1, 0.15) is 0 Å². The van der Waals surface area contributed by atoms with Crippen LogP contribution in [0.1, 0.15) is 12.0 Å². The van der Waals surface area contributed by atoms with Crippen LogP contribution in [0.5, 0.6) is 11.5 Å². The third-order valence-corrected chi connectivity index (χ3v) is 5.56. The molecule has 2 aromatic carbocycles. The first-order valence-electron chi connectivity index (χ1n) is 8.62. The monoisotopic (exact) mass is 404 g/mol.